The highest BCUT2D eigenvalue weighted by Crippen LogP contribution is 2.38. The van der Waals surface area contributed by atoms with Crippen molar-refractivity contribution in [3.8, 4) is 29.4 Å². The fourth-order valence-electron chi connectivity index (χ4n) is 5.68. The van der Waals surface area contributed by atoms with Crippen molar-refractivity contribution >= 4 is 39.3 Å². The number of hydrogen-bond acceptors (Lipinski definition) is 10. The molecule has 1 unspecified atom stereocenters. The second-order valence-electron chi connectivity index (χ2n) is 11.9. The van der Waals surface area contributed by atoms with E-state index in [1.807, 2.05) is 11.9 Å². The van der Waals surface area contributed by atoms with Gasteiger partial charge in [0.05, 0.1) is 24.2 Å². The van der Waals surface area contributed by atoms with E-state index in [1.54, 1.807) is 7.05 Å². The number of carbonyl (C=O) groups excluding carboxylic acids is 1. The van der Waals surface area contributed by atoms with Crippen LogP contribution in [0.4, 0.5) is 20.5 Å². The summed E-state index contributed by atoms with van der Waals surface area (Å²) in [6.45, 7) is 6.80. The van der Waals surface area contributed by atoms with Crippen molar-refractivity contribution in [3.63, 3.8) is 0 Å². The Morgan fingerprint density at radius 3 is 2.71 bits per heavy atom. The fourth-order valence-corrected chi connectivity index (χ4v) is 5.68. The maximum Gasteiger partial charge on any atom is 0.228 e. The number of unbranched alkanes of at least 4 members (excludes halogenated alkanes) is 1. The van der Waals surface area contributed by atoms with Crippen LogP contribution in [0.25, 0.3) is 32.9 Å². The van der Waals surface area contributed by atoms with Gasteiger partial charge in [-0.1, -0.05) is 25.3 Å². The molecule has 13 heteroatoms. The Labute approximate surface area is 279 Å². The number of aromatic nitrogens is 3. The number of aromatic hydroxyl groups is 1. The third kappa shape index (κ3) is 7.90. The third-order valence-electron chi connectivity index (χ3n) is 8.46. The average Bonchev–Trinajstić information content (AvgIpc) is 3.09. The van der Waals surface area contributed by atoms with Crippen molar-refractivity contribution < 1.29 is 23.4 Å². The summed E-state index contributed by atoms with van der Waals surface area (Å²) in [5.41, 5.74) is 0.00772. The Bertz CT molecular complexity index is 1810. The highest BCUT2D eigenvalue weighted by molar-refractivity contribution is 6.03. The van der Waals surface area contributed by atoms with Gasteiger partial charge in [0, 0.05) is 69.4 Å². The van der Waals surface area contributed by atoms with Gasteiger partial charge in [-0.15, -0.1) is 6.42 Å². The van der Waals surface area contributed by atoms with E-state index in [1.165, 1.54) is 30.5 Å². The van der Waals surface area contributed by atoms with Crippen LogP contribution < -0.4 is 20.9 Å². The lowest BCUT2D eigenvalue weighted by atomic mass is 9.96. The number of anilines is 2. The minimum atomic E-state index is -0.748. The minimum absolute atomic E-state index is 0.0268. The number of phenols is 1. The molecule has 1 saturated heterocycles. The standard InChI is InChI=1S/C35H42F2N8O3/c1-5-7-11-39-23(21-48-16-10-29(47)38-3)19-41-34-27-20-40-32(26-18-24(46)17-22-8-9-28(36)25(6-2)30(22)26)31(37)33(27)42-35(43-34)45-14-12-44(4)13-15-45/h2,8-9,17-18,20,23,39,46H,5,7,10-16,19,21H2,1,3-4H3,(H,38,47)(H,41,42,43). The van der Waals surface area contributed by atoms with Gasteiger partial charge in [-0.3, -0.25) is 9.78 Å². The van der Waals surface area contributed by atoms with E-state index in [2.05, 4.69) is 38.7 Å². The molecule has 1 aliphatic rings. The summed E-state index contributed by atoms with van der Waals surface area (Å²) in [6, 6.07) is 5.34. The van der Waals surface area contributed by atoms with Gasteiger partial charge in [-0.05, 0) is 43.6 Å². The minimum Gasteiger partial charge on any atom is -0.508 e. The number of benzene rings is 2. The van der Waals surface area contributed by atoms with E-state index in [9.17, 15) is 14.3 Å². The number of carbonyl (C=O) groups is 1. The van der Waals surface area contributed by atoms with Crippen LogP contribution in [0, 0.1) is 24.0 Å². The average molecular weight is 661 g/mol. The molecule has 2 aromatic heterocycles. The highest BCUT2D eigenvalue weighted by Gasteiger charge is 2.24. The molecule has 2 aromatic carbocycles. The number of halogens is 2. The van der Waals surface area contributed by atoms with Gasteiger partial charge in [-0.25, -0.2) is 13.8 Å². The number of terminal acetylenes is 1. The first kappa shape index (κ1) is 34.7. The Kier molecular flexibility index (Phi) is 11.5. The number of piperazine rings is 1. The zero-order valence-corrected chi connectivity index (χ0v) is 27.6. The van der Waals surface area contributed by atoms with Gasteiger partial charge in [0.25, 0.3) is 0 Å². The van der Waals surface area contributed by atoms with Crippen LogP contribution in [0.15, 0.2) is 30.5 Å². The van der Waals surface area contributed by atoms with Gasteiger partial charge >= 0.3 is 0 Å². The Morgan fingerprint density at radius 2 is 1.98 bits per heavy atom. The van der Waals surface area contributed by atoms with Gasteiger partial charge in [0.15, 0.2) is 5.82 Å². The van der Waals surface area contributed by atoms with Gasteiger partial charge in [0.2, 0.25) is 11.9 Å². The molecule has 1 aliphatic heterocycles. The predicted octanol–water partition coefficient (Wildman–Crippen LogP) is 3.88. The molecule has 0 saturated carbocycles. The van der Waals surface area contributed by atoms with Gasteiger partial charge in [0.1, 0.15) is 28.6 Å². The zero-order chi connectivity index (χ0) is 34.2. The molecule has 48 heavy (non-hydrogen) atoms. The van der Waals surface area contributed by atoms with Crippen LogP contribution in [0.5, 0.6) is 5.75 Å². The highest BCUT2D eigenvalue weighted by atomic mass is 19.1. The summed E-state index contributed by atoms with van der Waals surface area (Å²) in [5, 5.41) is 21.1. The van der Waals surface area contributed by atoms with E-state index < -0.39 is 11.6 Å². The second-order valence-corrected chi connectivity index (χ2v) is 11.9. The third-order valence-corrected chi connectivity index (χ3v) is 8.46. The lowest BCUT2D eigenvalue weighted by Crippen LogP contribution is -2.45. The van der Waals surface area contributed by atoms with Crippen molar-refractivity contribution in [2.24, 2.45) is 0 Å². The maximum absolute atomic E-state index is 16.7. The first-order valence-corrected chi connectivity index (χ1v) is 16.2. The molecular formula is C35H42F2N8O3. The van der Waals surface area contributed by atoms with Gasteiger partial charge < -0.3 is 35.6 Å². The summed E-state index contributed by atoms with van der Waals surface area (Å²) in [5.74, 6) is 1.51. The molecule has 0 radical (unpaired) electrons. The molecule has 0 bridgehead atoms. The molecule has 11 nitrogen and oxygen atoms in total. The molecule has 1 fully saturated rings. The molecule has 1 amide bonds. The largest absolute Gasteiger partial charge is 0.508 e. The van der Waals surface area contributed by atoms with Crippen LogP contribution in [-0.2, 0) is 9.53 Å². The smallest absolute Gasteiger partial charge is 0.228 e. The van der Waals surface area contributed by atoms with Crippen molar-refractivity contribution in [3.05, 3.63) is 47.7 Å². The number of rotatable bonds is 14. The first-order valence-electron chi connectivity index (χ1n) is 16.2. The second kappa shape index (κ2) is 16.0. The van der Waals surface area contributed by atoms with Crippen LogP contribution in [0.1, 0.15) is 31.7 Å². The molecule has 4 N–H and O–H groups in total. The fraction of sp³-hybridized carbons (Fsp3) is 0.429. The topological polar surface area (TPSA) is 128 Å². The summed E-state index contributed by atoms with van der Waals surface area (Å²) >= 11 is 0. The summed E-state index contributed by atoms with van der Waals surface area (Å²) in [4.78, 5) is 29.8. The monoisotopic (exact) mass is 660 g/mol. The molecular weight excluding hydrogens is 618 g/mol. The van der Waals surface area contributed by atoms with Crippen molar-refractivity contribution in [1.29, 1.82) is 0 Å². The molecule has 0 aliphatic carbocycles. The molecule has 254 valence electrons. The van der Waals surface area contributed by atoms with Crippen LogP contribution >= 0.6 is 0 Å². The molecule has 0 spiro atoms. The normalized spacial score (nSPS) is 14.3. The predicted molar refractivity (Wildman–Crippen MR) is 184 cm³/mol. The first-order chi connectivity index (χ1) is 23.2. The number of pyridine rings is 1. The van der Waals surface area contributed by atoms with E-state index in [4.69, 9.17) is 21.1 Å². The Balaban J connectivity index is 1.55. The van der Waals surface area contributed by atoms with E-state index in [0.717, 1.165) is 32.5 Å². The maximum atomic E-state index is 16.7. The molecule has 3 heterocycles. The number of nitrogens with one attached hydrogen (secondary N) is 3. The van der Waals surface area contributed by atoms with Crippen molar-refractivity contribution in [2.45, 2.75) is 32.2 Å². The number of ether oxygens (including phenoxy) is 1. The molecule has 1 atom stereocenters. The molecule has 5 rings (SSSR count). The van der Waals surface area contributed by atoms with Crippen LogP contribution in [-0.4, -0.2) is 103 Å². The zero-order valence-electron chi connectivity index (χ0n) is 27.6. The van der Waals surface area contributed by atoms with Crippen LogP contribution in [0.2, 0.25) is 0 Å². The van der Waals surface area contributed by atoms with Gasteiger partial charge in [-0.2, -0.15) is 4.98 Å². The summed E-state index contributed by atoms with van der Waals surface area (Å²) in [6.07, 6.45) is 9.42. The summed E-state index contributed by atoms with van der Waals surface area (Å²) < 4.78 is 37.4. The lowest BCUT2D eigenvalue weighted by molar-refractivity contribution is -0.121. The van der Waals surface area contributed by atoms with Crippen molar-refractivity contribution in [2.75, 3.05) is 76.8 Å². The number of phenolic OH excluding ortho intramolecular Hbond substituents is 1. The Morgan fingerprint density at radius 1 is 1.19 bits per heavy atom. The number of nitrogens with zero attached hydrogens (tertiary/aromatic N) is 5. The molecule has 4 aromatic rings. The summed E-state index contributed by atoms with van der Waals surface area (Å²) in [7, 11) is 3.63. The number of hydrogen-bond donors (Lipinski definition) is 4. The van der Waals surface area contributed by atoms with E-state index >= 15 is 4.39 Å². The number of likely N-dealkylation sites (N-methyl/N-ethyl adjacent to an activating group) is 1. The SMILES string of the molecule is C#Cc1c(F)ccc2cc(O)cc(-c3ncc4c(NCC(COCCC(=O)NC)NCCCC)nc(N5CCN(C)CC5)nc4c3F)c12. The van der Waals surface area contributed by atoms with E-state index in [0.29, 0.717) is 48.8 Å². The number of amides is 1. The quantitative estimate of drug-likeness (QED) is 0.117. The Hall–Kier alpha value is -4.64. The van der Waals surface area contributed by atoms with Crippen molar-refractivity contribution in [1.82, 2.24) is 30.5 Å². The number of fused-ring (bicyclic) bond motifs is 2. The van der Waals surface area contributed by atoms with E-state index in [-0.39, 0.29) is 58.4 Å². The van der Waals surface area contributed by atoms with Crippen LogP contribution in [0.3, 0.4) is 0 Å². The lowest BCUT2D eigenvalue weighted by Gasteiger charge is -2.32.